The maximum atomic E-state index is 10.7. The number of esters is 2. The molecule has 1 rings (SSSR count). The fraction of sp³-hybridized carbons (Fsp3) is 0.818. The summed E-state index contributed by atoms with van der Waals surface area (Å²) in [5.41, 5.74) is 0. The average Bonchev–Trinajstić information content (AvgIpc) is 2.47. The molecule has 0 aromatic carbocycles. The number of carbonyl (C=O) groups excluding carboxylic acids is 2. The summed E-state index contributed by atoms with van der Waals surface area (Å²) in [4.78, 5) is 21.5. The third-order valence-electron chi connectivity index (χ3n) is 2.19. The molecule has 0 unspecified atom stereocenters. The third-order valence-corrected chi connectivity index (χ3v) is 2.19. The smallest absolute Gasteiger partial charge is 0.302 e. The van der Waals surface area contributed by atoms with Crippen molar-refractivity contribution in [2.24, 2.45) is 0 Å². The van der Waals surface area contributed by atoms with E-state index in [1.807, 2.05) is 0 Å². The summed E-state index contributed by atoms with van der Waals surface area (Å²) in [5.74, 6) is -1.54. The van der Waals surface area contributed by atoms with Gasteiger partial charge in [0.05, 0.1) is 0 Å². The lowest BCUT2D eigenvalue weighted by Crippen LogP contribution is -2.32. The van der Waals surface area contributed by atoms with Crippen LogP contribution in [0, 0.1) is 0 Å². The molecule has 1 aliphatic rings. The van der Waals surface area contributed by atoms with Crippen molar-refractivity contribution in [3.8, 4) is 0 Å². The summed E-state index contributed by atoms with van der Waals surface area (Å²) in [5, 5.41) is 0. The van der Waals surface area contributed by atoms with Crippen LogP contribution in [0.2, 0.25) is 0 Å². The maximum absolute atomic E-state index is 10.7. The van der Waals surface area contributed by atoms with Crippen LogP contribution in [0.25, 0.3) is 0 Å². The van der Waals surface area contributed by atoms with E-state index in [1.54, 1.807) is 13.8 Å². The van der Waals surface area contributed by atoms with Gasteiger partial charge in [0.2, 0.25) is 0 Å². The summed E-state index contributed by atoms with van der Waals surface area (Å²) >= 11 is 0. The number of hydrogen-bond donors (Lipinski definition) is 0. The first kappa shape index (κ1) is 13.9. The molecule has 98 valence electrons. The minimum absolute atomic E-state index is 0.0880. The molecule has 0 aromatic heterocycles. The van der Waals surface area contributed by atoms with Gasteiger partial charge in [-0.3, -0.25) is 9.59 Å². The van der Waals surface area contributed by atoms with Crippen LogP contribution in [0.3, 0.4) is 0 Å². The van der Waals surface area contributed by atoms with Gasteiger partial charge in [-0.25, -0.2) is 0 Å². The minimum atomic E-state index is -0.768. The number of rotatable bonds is 4. The Kier molecular flexibility index (Phi) is 4.47. The fourth-order valence-electron chi connectivity index (χ4n) is 1.59. The lowest BCUT2D eigenvalue weighted by atomic mass is 10.2. The van der Waals surface area contributed by atoms with Crippen LogP contribution in [-0.4, -0.2) is 43.1 Å². The van der Waals surface area contributed by atoms with E-state index in [4.69, 9.17) is 18.9 Å². The quantitative estimate of drug-likeness (QED) is 0.678. The molecular weight excluding hydrogens is 228 g/mol. The maximum Gasteiger partial charge on any atom is 0.302 e. The molecule has 0 bridgehead atoms. The first-order valence-electron chi connectivity index (χ1n) is 5.42. The van der Waals surface area contributed by atoms with E-state index in [1.165, 1.54) is 13.8 Å². The van der Waals surface area contributed by atoms with E-state index in [0.717, 1.165) is 0 Å². The van der Waals surface area contributed by atoms with Crippen molar-refractivity contribution >= 4 is 11.9 Å². The molecule has 1 aliphatic heterocycles. The Balaban J connectivity index is 2.51. The van der Waals surface area contributed by atoms with Gasteiger partial charge in [0.25, 0.3) is 0 Å². The molecular formula is C11H18O6. The van der Waals surface area contributed by atoms with Gasteiger partial charge in [0.15, 0.2) is 5.79 Å². The predicted molar refractivity (Wildman–Crippen MR) is 57.1 cm³/mol. The monoisotopic (exact) mass is 246 g/mol. The Labute approximate surface area is 100 Å². The molecule has 2 atom stereocenters. The number of carbonyl (C=O) groups is 2. The van der Waals surface area contributed by atoms with Gasteiger partial charge in [0.1, 0.15) is 25.4 Å². The third kappa shape index (κ3) is 4.70. The summed E-state index contributed by atoms with van der Waals surface area (Å²) in [6, 6.07) is 0. The van der Waals surface area contributed by atoms with Crippen molar-refractivity contribution in [3.63, 3.8) is 0 Å². The minimum Gasteiger partial charge on any atom is -0.463 e. The molecule has 0 aromatic rings. The lowest BCUT2D eigenvalue weighted by Gasteiger charge is -2.16. The summed E-state index contributed by atoms with van der Waals surface area (Å²) in [6.07, 6.45) is -0.846. The van der Waals surface area contributed by atoms with Crippen molar-refractivity contribution in [2.45, 2.75) is 45.7 Å². The molecule has 0 saturated carbocycles. The number of ether oxygens (including phenoxy) is 4. The molecule has 0 spiro atoms. The van der Waals surface area contributed by atoms with E-state index >= 15 is 0 Å². The standard InChI is InChI=1S/C11H18O6/c1-7(12)14-5-9-10(6-15-8(2)13)17-11(3,4)16-9/h9-10H,5-6H2,1-4H3/t9-,10-/m1/s1. The second kappa shape index (κ2) is 5.46. The highest BCUT2D eigenvalue weighted by molar-refractivity contribution is 5.66. The molecule has 0 N–H and O–H groups in total. The summed E-state index contributed by atoms with van der Waals surface area (Å²) in [7, 11) is 0. The second-order valence-corrected chi connectivity index (χ2v) is 4.32. The highest BCUT2D eigenvalue weighted by Gasteiger charge is 2.42. The van der Waals surface area contributed by atoms with E-state index in [-0.39, 0.29) is 25.2 Å². The molecule has 1 fully saturated rings. The topological polar surface area (TPSA) is 71.1 Å². The summed E-state index contributed by atoms with van der Waals surface area (Å²) in [6.45, 7) is 6.32. The molecule has 1 saturated heterocycles. The Morgan fingerprint density at radius 2 is 1.35 bits per heavy atom. The van der Waals surface area contributed by atoms with Crippen molar-refractivity contribution < 1.29 is 28.5 Å². The fourth-order valence-corrected chi connectivity index (χ4v) is 1.59. The zero-order chi connectivity index (χ0) is 13.1. The normalized spacial score (nSPS) is 26.6. The Morgan fingerprint density at radius 3 is 1.65 bits per heavy atom. The zero-order valence-corrected chi connectivity index (χ0v) is 10.5. The van der Waals surface area contributed by atoms with Crippen molar-refractivity contribution in [1.82, 2.24) is 0 Å². The van der Waals surface area contributed by atoms with Gasteiger partial charge in [0, 0.05) is 13.8 Å². The Hall–Kier alpha value is -1.14. The Bertz CT molecular complexity index is 270. The molecule has 6 heteroatoms. The van der Waals surface area contributed by atoms with Gasteiger partial charge >= 0.3 is 11.9 Å². The van der Waals surface area contributed by atoms with E-state index in [9.17, 15) is 9.59 Å². The first-order valence-corrected chi connectivity index (χ1v) is 5.42. The van der Waals surface area contributed by atoms with Crippen LogP contribution in [0.4, 0.5) is 0 Å². The van der Waals surface area contributed by atoms with Gasteiger partial charge in [-0.15, -0.1) is 0 Å². The van der Waals surface area contributed by atoms with Crippen molar-refractivity contribution in [2.75, 3.05) is 13.2 Å². The van der Waals surface area contributed by atoms with Gasteiger partial charge in [-0.05, 0) is 13.8 Å². The van der Waals surface area contributed by atoms with Crippen LogP contribution >= 0.6 is 0 Å². The van der Waals surface area contributed by atoms with Crippen molar-refractivity contribution in [3.05, 3.63) is 0 Å². The molecule has 0 radical (unpaired) electrons. The van der Waals surface area contributed by atoms with E-state index < -0.39 is 18.0 Å². The largest absolute Gasteiger partial charge is 0.463 e. The van der Waals surface area contributed by atoms with Crippen LogP contribution in [0.5, 0.6) is 0 Å². The molecule has 17 heavy (non-hydrogen) atoms. The van der Waals surface area contributed by atoms with Crippen LogP contribution in [0.1, 0.15) is 27.7 Å². The van der Waals surface area contributed by atoms with E-state index in [0.29, 0.717) is 0 Å². The van der Waals surface area contributed by atoms with Gasteiger partial charge in [-0.1, -0.05) is 0 Å². The summed E-state index contributed by atoms with van der Waals surface area (Å²) < 4.78 is 20.9. The molecule has 0 amide bonds. The lowest BCUT2D eigenvalue weighted by molar-refractivity contribution is -0.162. The molecule has 1 heterocycles. The Morgan fingerprint density at radius 1 is 1.00 bits per heavy atom. The predicted octanol–water partition coefficient (Wildman–Crippen LogP) is 0.633. The molecule has 0 aliphatic carbocycles. The van der Waals surface area contributed by atoms with E-state index in [2.05, 4.69) is 0 Å². The number of hydrogen-bond acceptors (Lipinski definition) is 6. The second-order valence-electron chi connectivity index (χ2n) is 4.32. The van der Waals surface area contributed by atoms with Crippen LogP contribution < -0.4 is 0 Å². The van der Waals surface area contributed by atoms with Crippen LogP contribution in [0.15, 0.2) is 0 Å². The van der Waals surface area contributed by atoms with Gasteiger partial charge in [-0.2, -0.15) is 0 Å². The van der Waals surface area contributed by atoms with Gasteiger partial charge < -0.3 is 18.9 Å². The highest BCUT2D eigenvalue weighted by Crippen LogP contribution is 2.28. The first-order chi connectivity index (χ1) is 7.80. The molecule has 6 nitrogen and oxygen atoms in total. The van der Waals surface area contributed by atoms with Crippen molar-refractivity contribution in [1.29, 1.82) is 0 Å². The van der Waals surface area contributed by atoms with Crippen LogP contribution in [-0.2, 0) is 28.5 Å². The highest BCUT2D eigenvalue weighted by atomic mass is 16.8. The SMILES string of the molecule is CC(=O)OC[C@H]1OC(C)(C)O[C@@H]1COC(C)=O. The zero-order valence-electron chi connectivity index (χ0n) is 10.5. The average molecular weight is 246 g/mol.